The summed E-state index contributed by atoms with van der Waals surface area (Å²) >= 11 is 0. The normalized spacial score (nSPS) is 12.4. The molecule has 0 aliphatic rings. The van der Waals surface area contributed by atoms with Crippen LogP contribution in [0.15, 0.2) is 61.4 Å². The second kappa shape index (κ2) is 12.9. The number of hydrogen-bond donors (Lipinski definition) is 2. The van der Waals surface area contributed by atoms with Gasteiger partial charge in [0.1, 0.15) is 36.3 Å². The SMILES string of the molecule is COc1cc(C(=O)NC(C(F)(F)F)C(F)(F)F)ccc1Nc1ncc(-c2ccc(C#N)c(O[C@@H](C)Cn3cncn3)c2)cn1. The number of anilines is 2. The van der Waals surface area contributed by atoms with E-state index in [4.69, 9.17) is 9.47 Å². The highest BCUT2D eigenvalue weighted by atomic mass is 19.4. The van der Waals surface area contributed by atoms with Gasteiger partial charge in [0, 0.05) is 23.5 Å². The van der Waals surface area contributed by atoms with Crippen molar-refractivity contribution in [2.45, 2.75) is 38.0 Å². The maximum atomic E-state index is 12.8. The Bertz CT molecular complexity index is 1620. The lowest BCUT2D eigenvalue weighted by Gasteiger charge is -2.24. The summed E-state index contributed by atoms with van der Waals surface area (Å²) in [5.74, 6) is -1.28. The van der Waals surface area contributed by atoms with Gasteiger partial charge in [-0.25, -0.2) is 19.6 Å². The monoisotopic (exact) mass is 620 g/mol. The smallest absolute Gasteiger partial charge is 0.417 e. The number of benzene rings is 2. The first kappa shape index (κ1) is 31.5. The van der Waals surface area contributed by atoms with Crippen molar-refractivity contribution in [3.8, 4) is 28.7 Å². The number of rotatable bonds is 10. The number of methoxy groups -OCH3 is 1. The maximum absolute atomic E-state index is 12.8. The molecule has 44 heavy (non-hydrogen) atoms. The molecule has 0 bridgehead atoms. The number of amides is 1. The highest BCUT2D eigenvalue weighted by Crippen LogP contribution is 2.34. The fraction of sp³-hybridized carbons (Fsp3) is 0.259. The zero-order chi connectivity index (χ0) is 32.1. The summed E-state index contributed by atoms with van der Waals surface area (Å²) in [6.07, 6.45) is -5.94. The predicted octanol–water partition coefficient (Wildman–Crippen LogP) is 5.05. The largest absolute Gasteiger partial charge is 0.495 e. The zero-order valence-electron chi connectivity index (χ0n) is 22.8. The van der Waals surface area contributed by atoms with Crippen LogP contribution in [0, 0.1) is 11.3 Å². The molecular weight excluding hydrogens is 598 g/mol. The van der Waals surface area contributed by atoms with E-state index in [0.29, 0.717) is 29.0 Å². The molecule has 0 fully saturated rings. The lowest BCUT2D eigenvalue weighted by molar-refractivity contribution is -0.255. The van der Waals surface area contributed by atoms with Crippen LogP contribution in [0.3, 0.4) is 0 Å². The summed E-state index contributed by atoms with van der Waals surface area (Å²) in [5, 5.41) is 17.3. The van der Waals surface area contributed by atoms with Gasteiger partial charge in [-0.3, -0.25) is 4.79 Å². The fourth-order valence-corrected chi connectivity index (χ4v) is 3.90. The lowest BCUT2D eigenvalue weighted by Crippen LogP contribution is -2.54. The second-order valence-electron chi connectivity index (χ2n) is 9.19. The molecule has 2 heterocycles. The van der Waals surface area contributed by atoms with Crippen molar-refractivity contribution in [3.05, 3.63) is 72.6 Å². The molecule has 1 amide bonds. The average molecular weight is 621 g/mol. The number of nitriles is 1. The van der Waals surface area contributed by atoms with Gasteiger partial charge in [0.25, 0.3) is 5.91 Å². The van der Waals surface area contributed by atoms with Crippen molar-refractivity contribution in [2.24, 2.45) is 0 Å². The van der Waals surface area contributed by atoms with E-state index in [-0.39, 0.29) is 23.5 Å². The molecule has 0 radical (unpaired) electrons. The van der Waals surface area contributed by atoms with Crippen LogP contribution in [0.1, 0.15) is 22.8 Å². The van der Waals surface area contributed by atoms with Gasteiger partial charge in [0.2, 0.25) is 12.0 Å². The van der Waals surface area contributed by atoms with Gasteiger partial charge in [0.15, 0.2) is 0 Å². The number of ether oxygens (including phenoxy) is 2. The molecule has 0 unspecified atom stereocenters. The summed E-state index contributed by atoms with van der Waals surface area (Å²) in [6, 6.07) is 6.18. The number of alkyl halides is 6. The van der Waals surface area contributed by atoms with Crippen LogP contribution in [0.4, 0.5) is 38.0 Å². The maximum Gasteiger partial charge on any atom is 0.417 e. The van der Waals surface area contributed by atoms with E-state index in [9.17, 15) is 36.4 Å². The molecule has 4 aromatic rings. The number of hydrogen-bond acceptors (Lipinski definition) is 9. The Labute approximate surface area is 245 Å². The molecule has 4 rings (SSSR count). The summed E-state index contributed by atoms with van der Waals surface area (Å²) in [5.41, 5.74) is 1.20. The van der Waals surface area contributed by atoms with Crippen molar-refractivity contribution in [2.75, 3.05) is 12.4 Å². The van der Waals surface area contributed by atoms with E-state index in [2.05, 4.69) is 31.4 Å². The number of nitrogens with one attached hydrogen (secondary N) is 2. The Morgan fingerprint density at radius 2 is 1.73 bits per heavy atom. The van der Waals surface area contributed by atoms with E-state index in [1.807, 2.05) is 6.92 Å². The van der Waals surface area contributed by atoms with E-state index in [0.717, 1.165) is 17.4 Å². The van der Waals surface area contributed by atoms with Crippen molar-refractivity contribution in [3.63, 3.8) is 0 Å². The minimum absolute atomic E-state index is 0.0602. The first-order chi connectivity index (χ1) is 20.8. The summed E-state index contributed by atoms with van der Waals surface area (Å²) in [6.45, 7) is 2.21. The van der Waals surface area contributed by atoms with Crippen molar-refractivity contribution in [1.82, 2.24) is 30.0 Å². The first-order valence-electron chi connectivity index (χ1n) is 12.5. The molecule has 0 saturated heterocycles. The van der Waals surface area contributed by atoms with E-state index in [1.165, 1.54) is 31.9 Å². The van der Waals surface area contributed by atoms with Gasteiger partial charge in [-0.15, -0.1) is 0 Å². The fourth-order valence-electron chi connectivity index (χ4n) is 3.90. The van der Waals surface area contributed by atoms with Crippen LogP contribution in [0.5, 0.6) is 11.5 Å². The number of nitrogens with zero attached hydrogens (tertiary/aromatic N) is 6. The standard InChI is InChI=1S/C27H22F6N8O3/c1-15(12-41-14-35-13-38-41)44-21-7-16(3-4-18(21)9-34)19-10-36-25(37-11-19)39-20-6-5-17(8-22(20)43-2)23(42)40-24(26(28,29)30)27(31,32)33/h3-8,10-11,13-15,24H,12H2,1-2H3,(H,40,42)(H,36,37,39)/t15-/m0/s1. The number of carbonyl (C=O) groups excluding carboxylic acids is 1. The van der Waals surface area contributed by atoms with Crippen LogP contribution >= 0.6 is 0 Å². The molecule has 1 atom stereocenters. The predicted molar refractivity (Wildman–Crippen MR) is 142 cm³/mol. The highest BCUT2D eigenvalue weighted by molar-refractivity contribution is 5.95. The summed E-state index contributed by atoms with van der Waals surface area (Å²) < 4.78 is 89.7. The van der Waals surface area contributed by atoms with Crippen molar-refractivity contribution < 1.29 is 40.6 Å². The first-order valence-corrected chi connectivity index (χ1v) is 12.5. The third-order valence-corrected chi connectivity index (χ3v) is 5.97. The zero-order valence-corrected chi connectivity index (χ0v) is 22.8. The van der Waals surface area contributed by atoms with Crippen LogP contribution < -0.4 is 20.1 Å². The van der Waals surface area contributed by atoms with Gasteiger partial charge < -0.3 is 20.1 Å². The van der Waals surface area contributed by atoms with E-state index >= 15 is 0 Å². The van der Waals surface area contributed by atoms with Gasteiger partial charge in [-0.2, -0.15) is 36.7 Å². The molecule has 0 aliphatic carbocycles. The lowest BCUT2D eigenvalue weighted by atomic mass is 10.1. The highest BCUT2D eigenvalue weighted by Gasteiger charge is 2.57. The van der Waals surface area contributed by atoms with Gasteiger partial charge in [0.05, 0.1) is 24.9 Å². The second-order valence-corrected chi connectivity index (χ2v) is 9.19. The van der Waals surface area contributed by atoms with Gasteiger partial charge in [-0.1, -0.05) is 6.07 Å². The van der Waals surface area contributed by atoms with Crippen molar-refractivity contribution in [1.29, 1.82) is 5.26 Å². The third kappa shape index (κ3) is 7.70. The Balaban J connectivity index is 1.48. The molecule has 2 aromatic heterocycles. The molecule has 17 heteroatoms. The van der Waals surface area contributed by atoms with Crippen LogP contribution in [-0.4, -0.2) is 62.2 Å². The molecular formula is C27H22F6N8O3. The minimum Gasteiger partial charge on any atom is -0.495 e. The van der Waals surface area contributed by atoms with Crippen LogP contribution in [0.25, 0.3) is 11.1 Å². The van der Waals surface area contributed by atoms with Crippen LogP contribution in [-0.2, 0) is 6.54 Å². The molecule has 2 N–H and O–H groups in total. The molecule has 230 valence electrons. The van der Waals surface area contributed by atoms with Crippen molar-refractivity contribution >= 4 is 17.5 Å². The van der Waals surface area contributed by atoms with Gasteiger partial charge in [-0.05, 0) is 42.8 Å². The molecule has 0 saturated carbocycles. The summed E-state index contributed by atoms with van der Waals surface area (Å²) in [4.78, 5) is 24.5. The van der Waals surface area contributed by atoms with Gasteiger partial charge >= 0.3 is 12.4 Å². The number of carbonyl (C=O) groups is 1. The average Bonchev–Trinajstić information content (AvgIpc) is 3.48. The minimum atomic E-state index is -5.74. The number of halogens is 6. The molecule has 2 aromatic carbocycles. The number of aromatic nitrogens is 5. The molecule has 11 nitrogen and oxygen atoms in total. The van der Waals surface area contributed by atoms with Crippen LogP contribution in [0.2, 0.25) is 0 Å². The Kier molecular flexibility index (Phi) is 9.21. The topological polar surface area (TPSA) is 140 Å². The molecule has 0 spiro atoms. The Hall–Kier alpha value is -5.40. The van der Waals surface area contributed by atoms with E-state index < -0.39 is 29.9 Å². The quantitative estimate of drug-likeness (QED) is 0.233. The Morgan fingerprint density at radius 3 is 2.32 bits per heavy atom. The Morgan fingerprint density at radius 1 is 1.02 bits per heavy atom. The third-order valence-electron chi connectivity index (χ3n) is 5.97. The summed E-state index contributed by atoms with van der Waals surface area (Å²) in [7, 11) is 1.19. The van der Waals surface area contributed by atoms with E-state index in [1.54, 1.807) is 29.2 Å². The molecule has 0 aliphatic heterocycles.